The van der Waals surface area contributed by atoms with Crippen LogP contribution in [0.25, 0.3) is 11.3 Å². The number of halogens is 2. The molecule has 0 spiro atoms. The zero-order valence-corrected chi connectivity index (χ0v) is 13.8. The molecule has 4 nitrogen and oxygen atoms in total. The van der Waals surface area contributed by atoms with E-state index >= 15 is 0 Å². The average Bonchev–Trinajstić information content (AvgIpc) is 2.97. The van der Waals surface area contributed by atoms with Crippen LogP contribution >= 0.6 is 0 Å². The van der Waals surface area contributed by atoms with E-state index in [1.807, 2.05) is 10.8 Å². The number of fused-ring (bicyclic) bond motifs is 3. The first kappa shape index (κ1) is 16.5. The maximum Gasteiger partial charge on any atom is 0.387 e. The van der Waals surface area contributed by atoms with Crippen LogP contribution < -0.4 is 9.47 Å². The molecule has 1 aromatic carbocycles. The van der Waals surface area contributed by atoms with Crippen LogP contribution in [0.15, 0.2) is 24.4 Å². The Kier molecular flexibility index (Phi) is 4.30. The number of carbonyl (C=O) groups excluding carboxylic acids is 1. The zero-order chi connectivity index (χ0) is 17.4. The number of benzene rings is 1. The molecule has 128 valence electrons. The maximum atomic E-state index is 12.7. The van der Waals surface area contributed by atoms with Gasteiger partial charge in [-0.25, -0.2) is 0 Å². The number of methoxy groups -OCH3 is 1. The third-order valence-electron chi connectivity index (χ3n) is 4.39. The summed E-state index contributed by atoms with van der Waals surface area (Å²) in [5.74, 6) is 0.433. The molecule has 2 aromatic rings. The molecule has 0 saturated heterocycles. The summed E-state index contributed by atoms with van der Waals surface area (Å²) in [5.41, 5.74) is 3.08. The molecule has 1 unspecified atom stereocenters. The van der Waals surface area contributed by atoms with Gasteiger partial charge >= 0.3 is 6.61 Å². The van der Waals surface area contributed by atoms with Gasteiger partial charge in [-0.1, -0.05) is 13.8 Å². The van der Waals surface area contributed by atoms with Crippen molar-refractivity contribution in [3.05, 3.63) is 35.5 Å². The van der Waals surface area contributed by atoms with Crippen LogP contribution in [-0.4, -0.2) is 24.1 Å². The Balaban J connectivity index is 2.22. The van der Waals surface area contributed by atoms with E-state index < -0.39 is 6.61 Å². The first-order valence-corrected chi connectivity index (χ1v) is 7.85. The lowest BCUT2D eigenvalue weighted by Gasteiger charge is -2.27. The monoisotopic (exact) mass is 335 g/mol. The smallest absolute Gasteiger partial charge is 0.387 e. The minimum Gasteiger partial charge on any atom is -0.493 e. The lowest BCUT2D eigenvalue weighted by molar-refractivity contribution is -0.0512. The van der Waals surface area contributed by atoms with Gasteiger partial charge in [0.25, 0.3) is 0 Å². The Morgan fingerprint density at radius 3 is 2.75 bits per heavy atom. The Morgan fingerprint density at radius 1 is 1.38 bits per heavy atom. The molecule has 6 heteroatoms. The molecule has 0 N–H and O–H groups in total. The van der Waals surface area contributed by atoms with E-state index in [0.717, 1.165) is 23.4 Å². The van der Waals surface area contributed by atoms with Crippen LogP contribution in [-0.2, 0) is 6.54 Å². The summed E-state index contributed by atoms with van der Waals surface area (Å²) >= 11 is 0. The Labute approximate surface area is 139 Å². The second kappa shape index (κ2) is 6.26. The Bertz CT molecular complexity index is 783. The van der Waals surface area contributed by atoms with Crippen molar-refractivity contribution in [2.75, 3.05) is 7.11 Å². The third kappa shape index (κ3) is 2.66. The molecular weight excluding hydrogens is 316 g/mol. The molecule has 1 aliphatic rings. The minimum absolute atomic E-state index is 0.0244. The van der Waals surface area contributed by atoms with E-state index in [9.17, 15) is 13.6 Å². The number of ether oxygens (including phenoxy) is 2. The molecule has 0 fully saturated rings. The van der Waals surface area contributed by atoms with Gasteiger partial charge in [-0.05, 0) is 29.7 Å². The molecule has 3 rings (SSSR count). The quantitative estimate of drug-likeness (QED) is 0.757. The summed E-state index contributed by atoms with van der Waals surface area (Å²) in [6.07, 6.45) is 2.26. The predicted molar refractivity (Wildman–Crippen MR) is 86.1 cm³/mol. The van der Waals surface area contributed by atoms with Crippen molar-refractivity contribution in [2.24, 2.45) is 0 Å². The number of alkyl halides is 2. The van der Waals surface area contributed by atoms with Crippen LogP contribution in [0, 0.1) is 0 Å². The number of rotatable bonds is 5. The highest BCUT2D eigenvalue weighted by atomic mass is 19.3. The van der Waals surface area contributed by atoms with Crippen molar-refractivity contribution in [3.8, 4) is 22.8 Å². The minimum atomic E-state index is -2.94. The topological polar surface area (TPSA) is 40.5 Å². The number of Topliss-reactive ketones (excluding diaryl/α,β-unsaturated/α-hetero) is 1. The van der Waals surface area contributed by atoms with Gasteiger partial charge < -0.3 is 14.0 Å². The highest BCUT2D eigenvalue weighted by Gasteiger charge is 2.28. The van der Waals surface area contributed by atoms with Gasteiger partial charge in [-0.15, -0.1) is 0 Å². The fourth-order valence-corrected chi connectivity index (χ4v) is 3.27. The van der Waals surface area contributed by atoms with Crippen molar-refractivity contribution in [1.82, 2.24) is 4.57 Å². The highest BCUT2D eigenvalue weighted by Crippen LogP contribution is 2.44. The number of hydrogen-bond acceptors (Lipinski definition) is 3. The standard InChI is InChI=1S/C18H19F2NO3/c1-4-14(22)11-5-6-21-9-10(2)12-7-15(23-3)16(24-18(19)20)8-13(12)17(11)21/h5-8,10,18H,4,9H2,1-3H3. The highest BCUT2D eigenvalue weighted by molar-refractivity contribution is 6.02. The fourth-order valence-electron chi connectivity index (χ4n) is 3.27. The number of hydrogen-bond donors (Lipinski definition) is 0. The summed E-state index contributed by atoms with van der Waals surface area (Å²) in [4.78, 5) is 12.2. The molecule has 1 atom stereocenters. The largest absolute Gasteiger partial charge is 0.493 e. The number of carbonyl (C=O) groups is 1. The van der Waals surface area contributed by atoms with E-state index in [1.165, 1.54) is 7.11 Å². The van der Waals surface area contributed by atoms with Crippen molar-refractivity contribution < 1.29 is 23.0 Å². The Hall–Kier alpha value is -2.37. The molecule has 24 heavy (non-hydrogen) atoms. The van der Waals surface area contributed by atoms with Gasteiger partial charge in [-0.3, -0.25) is 4.79 Å². The van der Waals surface area contributed by atoms with Crippen molar-refractivity contribution >= 4 is 5.78 Å². The molecule has 1 aromatic heterocycles. The number of nitrogens with zero attached hydrogens (tertiary/aromatic N) is 1. The second-order valence-corrected chi connectivity index (χ2v) is 5.88. The maximum absolute atomic E-state index is 12.7. The zero-order valence-electron chi connectivity index (χ0n) is 13.8. The molecule has 0 amide bonds. The van der Waals surface area contributed by atoms with Crippen LogP contribution in [0.3, 0.4) is 0 Å². The summed E-state index contributed by atoms with van der Waals surface area (Å²) in [5, 5.41) is 0. The molecule has 0 radical (unpaired) electrons. The molecular formula is C18H19F2NO3. The number of ketones is 1. The lowest BCUT2D eigenvalue weighted by Crippen LogP contribution is -2.16. The molecule has 0 saturated carbocycles. The van der Waals surface area contributed by atoms with E-state index in [4.69, 9.17) is 4.74 Å². The summed E-state index contributed by atoms with van der Waals surface area (Å²) < 4.78 is 37.2. The van der Waals surface area contributed by atoms with Crippen molar-refractivity contribution in [2.45, 2.75) is 39.3 Å². The first-order chi connectivity index (χ1) is 11.5. The van der Waals surface area contributed by atoms with Crippen LogP contribution in [0.4, 0.5) is 8.78 Å². The van der Waals surface area contributed by atoms with Gasteiger partial charge in [-0.2, -0.15) is 8.78 Å². The molecule has 0 aliphatic carbocycles. The van der Waals surface area contributed by atoms with Gasteiger partial charge in [0.1, 0.15) is 0 Å². The summed E-state index contributed by atoms with van der Waals surface area (Å²) in [6.45, 7) is 1.63. The molecule has 1 aliphatic heterocycles. The molecule has 0 bridgehead atoms. The Morgan fingerprint density at radius 2 is 2.12 bits per heavy atom. The van der Waals surface area contributed by atoms with Gasteiger partial charge in [0.15, 0.2) is 17.3 Å². The van der Waals surface area contributed by atoms with E-state index in [0.29, 0.717) is 12.0 Å². The van der Waals surface area contributed by atoms with Crippen LogP contribution in [0.1, 0.15) is 42.1 Å². The van der Waals surface area contributed by atoms with Gasteiger partial charge in [0.05, 0.1) is 12.8 Å². The summed E-state index contributed by atoms with van der Waals surface area (Å²) in [7, 11) is 1.42. The van der Waals surface area contributed by atoms with Crippen LogP contribution in [0.5, 0.6) is 11.5 Å². The van der Waals surface area contributed by atoms with Crippen molar-refractivity contribution in [3.63, 3.8) is 0 Å². The number of aromatic nitrogens is 1. The fraction of sp³-hybridized carbons (Fsp3) is 0.389. The average molecular weight is 335 g/mol. The van der Waals surface area contributed by atoms with E-state index in [1.54, 1.807) is 25.1 Å². The van der Waals surface area contributed by atoms with Gasteiger partial charge in [0.2, 0.25) is 0 Å². The normalized spacial score (nSPS) is 15.8. The van der Waals surface area contributed by atoms with E-state index in [-0.39, 0.29) is 23.2 Å². The molecule has 2 heterocycles. The lowest BCUT2D eigenvalue weighted by atomic mass is 9.88. The SMILES string of the molecule is CCC(=O)c1ccn2c1-c1cc(OC(F)F)c(OC)cc1C(C)C2. The first-order valence-electron chi connectivity index (χ1n) is 7.85. The second-order valence-electron chi connectivity index (χ2n) is 5.88. The van der Waals surface area contributed by atoms with Gasteiger partial charge in [0, 0.05) is 30.3 Å². The van der Waals surface area contributed by atoms with Crippen LogP contribution in [0.2, 0.25) is 0 Å². The van der Waals surface area contributed by atoms with E-state index in [2.05, 4.69) is 11.7 Å². The summed E-state index contributed by atoms with van der Waals surface area (Å²) in [6, 6.07) is 5.07. The third-order valence-corrected chi connectivity index (χ3v) is 4.39. The predicted octanol–water partition coefficient (Wildman–Crippen LogP) is 4.47. The van der Waals surface area contributed by atoms with Crippen molar-refractivity contribution in [1.29, 1.82) is 0 Å².